The smallest absolute Gasteiger partial charge is 0.208 e. The molecule has 0 saturated carbocycles. The lowest BCUT2D eigenvalue weighted by Gasteiger charge is -2.26. The molecule has 1 rings (SSSR count). The van der Waals surface area contributed by atoms with Gasteiger partial charge in [0.15, 0.2) is 0 Å². The van der Waals surface area contributed by atoms with Crippen LogP contribution in [0.15, 0.2) is 30.3 Å². The highest BCUT2D eigenvalue weighted by Gasteiger charge is 2.09. The summed E-state index contributed by atoms with van der Waals surface area (Å²) >= 11 is 0. The Morgan fingerprint density at radius 1 is 1.22 bits per heavy atom. The third-order valence-electron chi connectivity index (χ3n) is 2.45. The molecule has 0 amide bonds. The fourth-order valence-corrected chi connectivity index (χ4v) is 2.23. The number of hydrogen-bond acceptors (Lipinski definition) is 3. The molecule has 5 heteroatoms. The zero-order chi connectivity index (χ0) is 13.6. The van der Waals surface area contributed by atoms with Gasteiger partial charge >= 0.3 is 0 Å². The lowest BCUT2D eigenvalue weighted by Crippen LogP contribution is -2.36. The summed E-state index contributed by atoms with van der Waals surface area (Å²) in [6, 6.07) is 10.1. The maximum absolute atomic E-state index is 11.0. The van der Waals surface area contributed by atoms with Gasteiger partial charge in [0.05, 0.1) is 6.26 Å². The van der Waals surface area contributed by atoms with Crippen LogP contribution in [0.25, 0.3) is 0 Å². The first kappa shape index (κ1) is 15.0. The third-order valence-corrected chi connectivity index (χ3v) is 3.18. The van der Waals surface area contributed by atoms with Crippen LogP contribution < -0.4 is 9.62 Å². The monoisotopic (exact) mass is 270 g/mol. The SMILES string of the molecule is CC(C)CN(CCNS(C)(=O)=O)c1ccccc1. The highest BCUT2D eigenvalue weighted by Crippen LogP contribution is 2.14. The fraction of sp³-hybridized carbons (Fsp3) is 0.538. The van der Waals surface area contributed by atoms with Crippen LogP contribution in [0.5, 0.6) is 0 Å². The summed E-state index contributed by atoms with van der Waals surface area (Å²) in [4.78, 5) is 2.20. The summed E-state index contributed by atoms with van der Waals surface area (Å²) < 4.78 is 24.6. The molecule has 0 aromatic heterocycles. The molecule has 0 unspecified atom stereocenters. The van der Waals surface area contributed by atoms with Crippen molar-refractivity contribution >= 4 is 15.7 Å². The summed E-state index contributed by atoms with van der Waals surface area (Å²) in [5.41, 5.74) is 1.13. The van der Waals surface area contributed by atoms with Crippen LogP contribution in [0.1, 0.15) is 13.8 Å². The Morgan fingerprint density at radius 3 is 2.33 bits per heavy atom. The van der Waals surface area contributed by atoms with E-state index in [9.17, 15) is 8.42 Å². The minimum absolute atomic E-state index is 0.431. The van der Waals surface area contributed by atoms with Gasteiger partial charge < -0.3 is 4.90 Å². The average Bonchev–Trinajstić information content (AvgIpc) is 2.27. The van der Waals surface area contributed by atoms with E-state index >= 15 is 0 Å². The molecular formula is C13H22N2O2S. The van der Waals surface area contributed by atoms with E-state index in [0.717, 1.165) is 12.2 Å². The van der Waals surface area contributed by atoms with Crippen molar-refractivity contribution in [3.63, 3.8) is 0 Å². The fourth-order valence-electron chi connectivity index (χ4n) is 1.77. The first-order chi connectivity index (χ1) is 8.38. The summed E-state index contributed by atoms with van der Waals surface area (Å²) in [5, 5.41) is 0. The second kappa shape index (κ2) is 6.75. The first-order valence-electron chi connectivity index (χ1n) is 6.13. The summed E-state index contributed by atoms with van der Waals surface area (Å²) in [6.45, 7) is 6.32. The topological polar surface area (TPSA) is 49.4 Å². The van der Waals surface area contributed by atoms with Gasteiger partial charge in [0, 0.05) is 25.3 Å². The van der Waals surface area contributed by atoms with Crippen LogP contribution in [-0.2, 0) is 10.0 Å². The Morgan fingerprint density at radius 2 is 1.83 bits per heavy atom. The van der Waals surface area contributed by atoms with Gasteiger partial charge in [-0.2, -0.15) is 0 Å². The lowest BCUT2D eigenvalue weighted by molar-refractivity contribution is 0.579. The van der Waals surface area contributed by atoms with Gasteiger partial charge in [0.25, 0.3) is 0 Å². The number of rotatable bonds is 7. The largest absolute Gasteiger partial charge is 0.370 e. The minimum atomic E-state index is -3.11. The van der Waals surface area contributed by atoms with Crippen molar-refractivity contribution in [3.8, 4) is 0 Å². The van der Waals surface area contributed by atoms with E-state index in [2.05, 4.69) is 23.5 Å². The first-order valence-corrected chi connectivity index (χ1v) is 8.02. The number of benzene rings is 1. The molecule has 102 valence electrons. The number of sulfonamides is 1. The molecule has 1 N–H and O–H groups in total. The standard InChI is InChI=1S/C13H22N2O2S/c1-12(2)11-15(10-9-14-18(3,16)17)13-7-5-4-6-8-13/h4-8,12,14H,9-11H2,1-3H3. The second-order valence-corrected chi connectivity index (χ2v) is 6.67. The van der Waals surface area contributed by atoms with Crippen molar-refractivity contribution in [2.24, 2.45) is 5.92 Å². The van der Waals surface area contributed by atoms with Gasteiger partial charge in [-0.05, 0) is 18.1 Å². The molecule has 0 radical (unpaired) electrons. The van der Waals surface area contributed by atoms with Gasteiger partial charge in [0.2, 0.25) is 10.0 Å². The van der Waals surface area contributed by atoms with Crippen LogP contribution in [0.2, 0.25) is 0 Å². The summed E-state index contributed by atoms with van der Waals surface area (Å²) in [6.07, 6.45) is 1.18. The highest BCUT2D eigenvalue weighted by atomic mass is 32.2. The van der Waals surface area contributed by atoms with Crippen molar-refractivity contribution in [1.29, 1.82) is 0 Å². The van der Waals surface area contributed by atoms with Crippen molar-refractivity contribution in [2.45, 2.75) is 13.8 Å². The maximum Gasteiger partial charge on any atom is 0.208 e. The molecule has 0 bridgehead atoms. The summed E-state index contributed by atoms with van der Waals surface area (Å²) in [5.74, 6) is 0.531. The highest BCUT2D eigenvalue weighted by molar-refractivity contribution is 7.88. The van der Waals surface area contributed by atoms with Gasteiger partial charge in [0.1, 0.15) is 0 Å². The number of para-hydroxylation sites is 1. The van der Waals surface area contributed by atoms with Crippen LogP contribution in [0.3, 0.4) is 0 Å². The molecule has 0 aliphatic carbocycles. The van der Waals surface area contributed by atoms with Crippen LogP contribution >= 0.6 is 0 Å². The Hall–Kier alpha value is -1.07. The zero-order valence-corrected chi connectivity index (χ0v) is 12.1. The molecule has 0 fully saturated rings. The summed E-state index contributed by atoms with van der Waals surface area (Å²) in [7, 11) is -3.11. The Kier molecular flexibility index (Phi) is 5.62. The molecular weight excluding hydrogens is 248 g/mol. The molecule has 18 heavy (non-hydrogen) atoms. The molecule has 4 nitrogen and oxygen atoms in total. The molecule has 0 aliphatic rings. The molecule has 0 atom stereocenters. The van der Waals surface area contributed by atoms with Crippen LogP contribution in [0.4, 0.5) is 5.69 Å². The molecule has 1 aromatic rings. The van der Waals surface area contributed by atoms with Crippen molar-refractivity contribution in [1.82, 2.24) is 4.72 Å². The van der Waals surface area contributed by atoms with E-state index < -0.39 is 10.0 Å². The Bertz CT molecular complexity index is 443. The van der Waals surface area contributed by atoms with Crippen molar-refractivity contribution < 1.29 is 8.42 Å². The van der Waals surface area contributed by atoms with Gasteiger partial charge in [-0.15, -0.1) is 0 Å². The Balaban J connectivity index is 2.62. The van der Waals surface area contributed by atoms with E-state index in [0.29, 0.717) is 19.0 Å². The van der Waals surface area contributed by atoms with Crippen molar-refractivity contribution in [2.75, 3.05) is 30.8 Å². The Labute approximate surface area is 110 Å². The molecule has 0 spiro atoms. The van der Waals surface area contributed by atoms with E-state index in [4.69, 9.17) is 0 Å². The molecule has 0 heterocycles. The molecule has 1 aromatic carbocycles. The second-order valence-electron chi connectivity index (χ2n) is 4.84. The van der Waals surface area contributed by atoms with Crippen LogP contribution in [0, 0.1) is 5.92 Å². The average molecular weight is 270 g/mol. The quantitative estimate of drug-likeness (QED) is 0.820. The number of nitrogens with one attached hydrogen (secondary N) is 1. The van der Waals surface area contributed by atoms with Crippen LogP contribution in [-0.4, -0.2) is 34.3 Å². The minimum Gasteiger partial charge on any atom is -0.370 e. The number of nitrogens with zero attached hydrogens (tertiary/aromatic N) is 1. The predicted molar refractivity (Wildman–Crippen MR) is 76.3 cm³/mol. The predicted octanol–water partition coefficient (Wildman–Crippen LogP) is 1.70. The normalized spacial score (nSPS) is 11.8. The molecule has 0 aliphatic heterocycles. The van der Waals surface area contributed by atoms with E-state index in [1.807, 2.05) is 30.3 Å². The number of anilines is 1. The lowest BCUT2D eigenvalue weighted by atomic mass is 10.2. The third kappa shape index (κ3) is 6.02. The zero-order valence-electron chi connectivity index (χ0n) is 11.3. The van der Waals surface area contributed by atoms with Gasteiger partial charge in [-0.3, -0.25) is 0 Å². The maximum atomic E-state index is 11.0. The van der Waals surface area contributed by atoms with Gasteiger partial charge in [-0.1, -0.05) is 32.0 Å². The van der Waals surface area contributed by atoms with E-state index in [-0.39, 0.29) is 0 Å². The molecule has 0 saturated heterocycles. The van der Waals surface area contributed by atoms with E-state index in [1.165, 1.54) is 6.26 Å². The number of hydrogen-bond donors (Lipinski definition) is 1. The van der Waals surface area contributed by atoms with Gasteiger partial charge in [-0.25, -0.2) is 13.1 Å². The van der Waals surface area contributed by atoms with E-state index in [1.54, 1.807) is 0 Å². The van der Waals surface area contributed by atoms with Crippen molar-refractivity contribution in [3.05, 3.63) is 30.3 Å².